The maximum atomic E-state index is 14.2. The van der Waals surface area contributed by atoms with Gasteiger partial charge in [-0.1, -0.05) is 169 Å². The number of hydrogen-bond acceptors (Lipinski definition) is 10. The van der Waals surface area contributed by atoms with E-state index in [9.17, 15) is 14.4 Å². The van der Waals surface area contributed by atoms with E-state index >= 15 is 0 Å². The first-order valence-corrected chi connectivity index (χ1v) is 21.9. The fourth-order valence-electron chi connectivity index (χ4n) is 7.47. The van der Waals surface area contributed by atoms with Crippen molar-refractivity contribution in [2.75, 3.05) is 23.6 Å². The van der Waals surface area contributed by atoms with Gasteiger partial charge in [-0.15, -0.1) is 34.7 Å². The van der Waals surface area contributed by atoms with Gasteiger partial charge in [-0.05, 0) is 33.4 Å². The standard InChI is InChI=1S/C48H40ClN5O5S2/c1-2-28-58-53-39(38-31-61-47(50-38)52-48(35-22-12-5-13-23-35,36-24-14-6-15-25-36)37-26-16-7-17-27-37)43(55)51-40-44(56)54-41(34(29-49)30-60-45(40)54)46(57)59-42(32-18-8-3-9-19-32)33-20-10-4-11-21-33/h2-27,31,40,42,45H,1,28-30H2,(H,50,52)(H,51,55)/t40-,45-/m1/s1. The van der Waals surface area contributed by atoms with Gasteiger partial charge in [0.2, 0.25) is 0 Å². The molecule has 0 saturated carbocycles. The average molecular weight is 866 g/mol. The van der Waals surface area contributed by atoms with Gasteiger partial charge < -0.3 is 20.2 Å². The van der Waals surface area contributed by atoms with Gasteiger partial charge in [-0.3, -0.25) is 14.5 Å². The molecule has 0 aliphatic carbocycles. The van der Waals surface area contributed by atoms with Crippen LogP contribution in [0.5, 0.6) is 0 Å². The Bertz CT molecular complexity index is 2420. The highest BCUT2D eigenvalue weighted by Crippen LogP contribution is 2.43. The van der Waals surface area contributed by atoms with E-state index in [-0.39, 0.29) is 29.6 Å². The molecule has 2 aliphatic rings. The molecule has 0 bridgehead atoms. The second kappa shape index (κ2) is 18.8. The molecule has 6 aromatic rings. The Morgan fingerprint density at radius 3 is 1.89 bits per heavy atom. The van der Waals surface area contributed by atoms with E-state index in [1.54, 1.807) is 5.38 Å². The topological polar surface area (TPSA) is 122 Å². The molecule has 2 amide bonds. The van der Waals surface area contributed by atoms with Crippen LogP contribution in [0.15, 0.2) is 186 Å². The van der Waals surface area contributed by atoms with Crippen LogP contribution < -0.4 is 10.6 Å². The highest BCUT2D eigenvalue weighted by Gasteiger charge is 2.55. The number of fused-ring (bicyclic) bond motifs is 1. The molecule has 1 saturated heterocycles. The Balaban J connectivity index is 1.05. The van der Waals surface area contributed by atoms with Crippen molar-refractivity contribution in [3.8, 4) is 0 Å². The van der Waals surface area contributed by atoms with E-state index in [4.69, 9.17) is 26.2 Å². The summed E-state index contributed by atoms with van der Waals surface area (Å²) < 4.78 is 6.18. The molecule has 10 nitrogen and oxygen atoms in total. The Labute approximate surface area is 367 Å². The Morgan fingerprint density at radius 1 is 0.852 bits per heavy atom. The number of nitrogens with zero attached hydrogens (tertiary/aromatic N) is 3. The summed E-state index contributed by atoms with van der Waals surface area (Å²) in [6.45, 7) is 3.73. The maximum absolute atomic E-state index is 14.2. The van der Waals surface area contributed by atoms with E-state index in [1.165, 1.54) is 34.1 Å². The van der Waals surface area contributed by atoms with Crippen LogP contribution in [-0.2, 0) is 29.5 Å². The number of rotatable bonds is 16. The number of carbonyl (C=O) groups is 3. The molecular weight excluding hydrogens is 826 g/mol. The molecule has 1 fully saturated rings. The third-order valence-corrected chi connectivity index (χ3v) is 12.8. The van der Waals surface area contributed by atoms with Crippen molar-refractivity contribution >= 4 is 63.3 Å². The van der Waals surface area contributed by atoms with Crippen molar-refractivity contribution in [1.29, 1.82) is 0 Å². The number of thioether (sulfide) groups is 1. The summed E-state index contributed by atoms with van der Waals surface area (Å²) in [5, 5.41) is 12.4. The van der Waals surface area contributed by atoms with E-state index in [2.05, 4.69) is 58.8 Å². The smallest absolute Gasteiger partial charge is 0.356 e. The molecule has 3 heterocycles. The molecule has 1 aromatic heterocycles. The molecule has 2 N–H and O–H groups in total. The van der Waals surface area contributed by atoms with E-state index in [0.717, 1.165) is 27.8 Å². The SMILES string of the molecule is C=CCON=C(C(=O)N[C@@H]1C(=O)N2C(C(=O)OC(c3ccccc3)c3ccccc3)=C(CCl)CS[C@H]12)c1csc(NC(c2ccccc2)(c2ccccc2)c2ccccc2)n1. The van der Waals surface area contributed by atoms with Gasteiger partial charge in [0.1, 0.15) is 35.0 Å². The third kappa shape index (κ3) is 8.47. The van der Waals surface area contributed by atoms with Gasteiger partial charge in [-0.2, -0.15) is 0 Å². The van der Waals surface area contributed by atoms with Gasteiger partial charge in [0, 0.05) is 17.0 Å². The number of ether oxygens (including phenoxy) is 1. The van der Waals surface area contributed by atoms with Crippen molar-refractivity contribution in [1.82, 2.24) is 15.2 Å². The molecule has 2 aliphatic heterocycles. The molecule has 13 heteroatoms. The van der Waals surface area contributed by atoms with Crippen LogP contribution in [0.3, 0.4) is 0 Å². The number of nitrogens with one attached hydrogen (secondary N) is 2. The molecule has 61 heavy (non-hydrogen) atoms. The normalized spacial score (nSPS) is 16.3. The summed E-state index contributed by atoms with van der Waals surface area (Å²) in [6, 6.07) is 48.1. The number of amides is 2. The lowest BCUT2D eigenvalue weighted by atomic mass is 9.77. The number of thiazole rings is 1. The fourth-order valence-corrected chi connectivity index (χ4v) is 9.90. The highest BCUT2D eigenvalue weighted by atomic mass is 35.5. The molecule has 0 unspecified atom stereocenters. The van der Waals surface area contributed by atoms with Crippen LogP contribution in [0.4, 0.5) is 5.13 Å². The zero-order valence-electron chi connectivity index (χ0n) is 32.7. The predicted molar refractivity (Wildman–Crippen MR) is 241 cm³/mol. The minimum atomic E-state index is -0.987. The van der Waals surface area contributed by atoms with Crippen LogP contribution in [0.1, 0.15) is 39.6 Å². The van der Waals surface area contributed by atoms with Gasteiger partial charge in [-0.25, -0.2) is 9.78 Å². The summed E-state index contributed by atoms with van der Waals surface area (Å²) >= 11 is 9.08. The summed E-state index contributed by atoms with van der Waals surface area (Å²) in [5.74, 6) is -1.47. The van der Waals surface area contributed by atoms with Crippen LogP contribution in [-0.4, -0.2) is 63.0 Å². The molecule has 0 spiro atoms. The van der Waals surface area contributed by atoms with Gasteiger partial charge in [0.05, 0.1) is 0 Å². The maximum Gasteiger partial charge on any atom is 0.356 e. The van der Waals surface area contributed by atoms with E-state index in [0.29, 0.717) is 16.5 Å². The quantitative estimate of drug-likeness (QED) is 0.0145. The second-order valence-electron chi connectivity index (χ2n) is 14.1. The van der Waals surface area contributed by atoms with Crippen LogP contribution in [0.25, 0.3) is 0 Å². The number of esters is 1. The molecule has 8 rings (SSSR count). The summed E-state index contributed by atoms with van der Waals surface area (Å²) in [5.41, 5.74) is 4.37. The summed E-state index contributed by atoms with van der Waals surface area (Å²) in [4.78, 5) is 54.1. The predicted octanol–water partition coefficient (Wildman–Crippen LogP) is 8.68. The number of carbonyl (C=O) groups excluding carboxylic acids is 3. The number of benzene rings is 5. The number of aromatic nitrogens is 1. The molecule has 2 atom stereocenters. The average Bonchev–Trinajstić information content (AvgIpc) is 3.79. The number of oxime groups is 1. The Morgan fingerprint density at radius 2 is 1.38 bits per heavy atom. The minimum Gasteiger partial charge on any atom is -0.448 e. The van der Waals surface area contributed by atoms with Crippen LogP contribution in [0, 0.1) is 0 Å². The second-order valence-corrected chi connectivity index (χ2v) is 16.3. The molecule has 5 aromatic carbocycles. The van der Waals surface area contributed by atoms with E-state index in [1.807, 2.05) is 115 Å². The van der Waals surface area contributed by atoms with Crippen molar-refractivity contribution < 1.29 is 24.0 Å². The largest absolute Gasteiger partial charge is 0.448 e. The zero-order chi connectivity index (χ0) is 42.2. The number of β-lactam (4-membered cyclic amide) rings is 1. The first-order chi connectivity index (χ1) is 29.9. The van der Waals surface area contributed by atoms with Crippen molar-refractivity contribution in [2.24, 2.45) is 5.16 Å². The number of halogens is 1. The molecule has 0 radical (unpaired) electrons. The monoisotopic (exact) mass is 865 g/mol. The van der Waals surface area contributed by atoms with Crippen LogP contribution >= 0.6 is 34.7 Å². The lowest BCUT2D eigenvalue weighted by Crippen LogP contribution is -2.71. The number of hydrogen-bond donors (Lipinski definition) is 2. The summed E-state index contributed by atoms with van der Waals surface area (Å²) in [7, 11) is 0. The zero-order valence-corrected chi connectivity index (χ0v) is 35.1. The lowest BCUT2D eigenvalue weighted by molar-refractivity contribution is -0.154. The molecule has 306 valence electrons. The van der Waals surface area contributed by atoms with Crippen molar-refractivity contribution in [3.63, 3.8) is 0 Å². The third-order valence-electron chi connectivity index (χ3n) is 10.3. The highest BCUT2D eigenvalue weighted by molar-refractivity contribution is 8.00. The van der Waals surface area contributed by atoms with Crippen LogP contribution in [0.2, 0.25) is 0 Å². The molecular formula is C48H40ClN5O5S2. The van der Waals surface area contributed by atoms with Crippen molar-refractivity contribution in [3.05, 3.63) is 214 Å². The lowest BCUT2D eigenvalue weighted by Gasteiger charge is -2.49. The first-order valence-electron chi connectivity index (χ1n) is 19.5. The Hall–Kier alpha value is -6.47. The Kier molecular flexibility index (Phi) is 12.8. The summed E-state index contributed by atoms with van der Waals surface area (Å²) in [6.07, 6.45) is 0.776. The van der Waals surface area contributed by atoms with Gasteiger partial charge >= 0.3 is 5.97 Å². The van der Waals surface area contributed by atoms with Gasteiger partial charge in [0.25, 0.3) is 11.8 Å². The fraction of sp³-hybridized carbons (Fsp3) is 0.146. The number of anilines is 1. The first kappa shape index (κ1) is 41.3. The van der Waals surface area contributed by atoms with Gasteiger partial charge in [0.15, 0.2) is 16.9 Å². The minimum absolute atomic E-state index is 0.0179. The number of alkyl halides is 1. The van der Waals surface area contributed by atoms with E-state index < -0.39 is 40.8 Å². The van der Waals surface area contributed by atoms with Crippen molar-refractivity contribution in [2.45, 2.75) is 23.1 Å².